The van der Waals surface area contributed by atoms with Crippen LogP contribution in [-0.2, 0) is 9.53 Å². The maximum absolute atomic E-state index is 12.3. The topological polar surface area (TPSA) is 38.3 Å². The third kappa shape index (κ3) is 7.96. The largest absolute Gasteiger partial charge is 0.464 e. The van der Waals surface area contributed by atoms with E-state index in [0.717, 1.165) is 31.4 Å². The molecule has 0 aliphatic carbocycles. The summed E-state index contributed by atoms with van der Waals surface area (Å²) in [5.41, 5.74) is 1.04. The van der Waals surface area contributed by atoms with Gasteiger partial charge in [0, 0.05) is 12.6 Å². The first-order chi connectivity index (χ1) is 11.4. The molecule has 0 aliphatic heterocycles. The lowest BCUT2D eigenvalue weighted by atomic mass is 9.95. The Morgan fingerprint density at radius 3 is 2.12 bits per heavy atom. The smallest absolute Gasteiger partial charge is 0.313 e. The number of carbonyl (C=O) groups excluding carboxylic acids is 1. The van der Waals surface area contributed by atoms with E-state index in [-0.39, 0.29) is 11.9 Å². The van der Waals surface area contributed by atoms with Gasteiger partial charge < -0.3 is 10.1 Å². The second-order valence-corrected chi connectivity index (χ2v) is 7.45. The molecule has 1 aromatic rings. The molecule has 0 spiro atoms. The number of rotatable bonds is 11. The highest BCUT2D eigenvalue weighted by atomic mass is 16.5. The molecule has 0 aliphatic rings. The summed E-state index contributed by atoms with van der Waals surface area (Å²) < 4.78 is 5.51. The Balaban J connectivity index is 2.40. The summed E-state index contributed by atoms with van der Waals surface area (Å²) in [7, 11) is 0. The molecule has 1 rings (SSSR count). The van der Waals surface area contributed by atoms with E-state index < -0.39 is 0 Å². The number of carbonyl (C=O) groups is 1. The molecule has 136 valence electrons. The minimum absolute atomic E-state index is 0.116. The molecule has 3 heteroatoms. The minimum atomic E-state index is -0.159. The van der Waals surface area contributed by atoms with Gasteiger partial charge >= 0.3 is 5.97 Å². The molecule has 0 fully saturated rings. The van der Waals surface area contributed by atoms with Gasteiger partial charge in [0.2, 0.25) is 0 Å². The summed E-state index contributed by atoms with van der Waals surface area (Å²) >= 11 is 0. The first kappa shape index (κ1) is 20.7. The third-order valence-electron chi connectivity index (χ3n) is 4.19. The van der Waals surface area contributed by atoms with Crippen molar-refractivity contribution in [2.75, 3.05) is 13.2 Å². The van der Waals surface area contributed by atoms with Gasteiger partial charge in [0.25, 0.3) is 0 Å². The van der Waals surface area contributed by atoms with Crippen LogP contribution in [0.1, 0.15) is 65.4 Å². The summed E-state index contributed by atoms with van der Waals surface area (Å²) in [4.78, 5) is 12.3. The van der Waals surface area contributed by atoms with Crippen LogP contribution < -0.4 is 5.32 Å². The Kier molecular flexibility index (Phi) is 9.70. The molecule has 0 saturated carbocycles. The van der Waals surface area contributed by atoms with E-state index in [1.54, 1.807) is 0 Å². The molecule has 1 atom stereocenters. The van der Waals surface area contributed by atoms with Crippen molar-refractivity contribution in [2.24, 2.45) is 11.8 Å². The monoisotopic (exact) mass is 333 g/mol. The highest BCUT2D eigenvalue weighted by Gasteiger charge is 2.20. The van der Waals surface area contributed by atoms with E-state index in [9.17, 15) is 4.79 Å². The van der Waals surface area contributed by atoms with Crippen LogP contribution in [-0.4, -0.2) is 25.2 Å². The van der Waals surface area contributed by atoms with Crippen LogP contribution >= 0.6 is 0 Å². The molecule has 1 aromatic carbocycles. The van der Waals surface area contributed by atoms with Crippen molar-refractivity contribution in [2.45, 2.75) is 65.8 Å². The first-order valence-electron chi connectivity index (χ1n) is 9.38. The Labute approximate surface area is 148 Å². The fourth-order valence-electron chi connectivity index (χ4n) is 3.14. The lowest BCUT2D eigenvalue weighted by Crippen LogP contribution is -2.35. The summed E-state index contributed by atoms with van der Waals surface area (Å²) in [5, 5.41) is 3.56. The van der Waals surface area contributed by atoms with Crippen molar-refractivity contribution >= 4 is 5.97 Å². The predicted octanol–water partition coefficient (Wildman–Crippen LogP) is 4.77. The van der Waals surface area contributed by atoms with Crippen LogP contribution in [0.25, 0.3) is 0 Å². The maximum Gasteiger partial charge on any atom is 0.313 e. The van der Waals surface area contributed by atoms with Crippen molar-refractivity contribution in [3.05, 3.63) is 35.9 Å². The second-order valence-electron chi connectivity index (χ2n) is 7.45. The SMILES string of the molecule is CCC(C(=O)OCCNC(CC(C)C)CC(C)C)c1ccccc1. The van der Waals surface area contributed by atoms with Gasteiger partial charge in [0.15, 0.2) is 0 Å². The van der Waals surface area contributed by atoms with Crippen LogP contribution in [0.3, 0.4) is 0 Å². The molecule has 0 radical (unpaired) electrons. The van der Waals surface area contributed by atoms with E-state index in [1.165, 1.54) is 0 Å². The molecular weight excluding hydrogens is 298 g/mol. The summed E-state index contributed by atoms with van der Waals surface area (Å²) in [6.45, 7) is 12.2. The zero-order chi connectivity index (χ0) is 17.9. The third-order valence-corrected chi connectivity index (χ3v) is 4.19. The fourth-order valence-corrected chi connectivity index (χ4v) is 3.14. The molecule has 0 bridgehead atoms. The summed E-state index contributed by atoms with van der Waals surface area (Å²) in [6.07, 6.45) is 3.08. The zero-order valence-corrected chi connectivity index (χ0v) is 16.0. The molecule has 24 heavy (non-hydrogen) atoms. The second kappa shape index (κ2) is 11.2. The minimum Gasteiger partial charge on any atom is -0.464 e. The molecule has 0 amide bonds. The first-order valence-corrected chi connectivity index (χ1v) is 9.38. The van der Waals surface area contributed by atoms with Gasteiger partial charge in [-0.1, -0.05) is 65.0 Å². The molecular formula is C21H35NO2. The lowest BCUT2D eigenvalue weighted by Gasteiger charge is -2.22. The van der Waals surface area contributed by atoms with Gasteiger partial charge in [-0.2, -0.15) is 0 Å². The van der Waals surface area contributed by atoms with Crippen LogP contribution in [0.5, 0.6) is 0 Å². The standard InChI is InChI=1S/C21H35NO2/c1-6-20(18-10-8-7-9-11-18)21(23)24-13-12-22-19(14-16(2)3)15-17(4)5/h7-11,16-17,19-20,22H,6,12-15H2,1-5H3. The van der Waals surface area contributed by atoms with Crippen LogP contribution in [0.4, 0.5) is 0 Å². The quantitative estimate of drug-likeness (QED) is 0.468. The van der Waals surface area contributed by atoms with Crippen molar-refractivity contribution in [1.29, 1.82) is 0 Å². The fraction of sp³-hybridized carbons (Fsp3) is 0.667. The van der Waals surface area contributed by atoms with Crippen molar-refractivity contribution in [3.8, 4) is 0 Å². The van der Waals surface area contributed by atoms with E-state index in [4.69, 9.17) is 4.74 Å². The summed E-state index contributed by atoms with van der Waals surface area (Å²) in [6, 6.07) is 10.4. The van der Waals surface area contributed by atoms with E-state index in [2.05, 4.69) is 33.0 Å². The number of hydrogen-bond donors (Lipinski definition) is 1. The maximum atomic E-state index is 12.3. The number of esters is 1. The average molecular weight is 334 g/mol. The van der Waals surface area contributed by atoms with Gasteiger partial charge in [-0.3, -0.25) is 4.79 Å². The number of hydrogen-bond acceptors (Lipinski definition) is 3. The van der Waals surface area contributed by atoms with Gasteiger partial charge in [0.05, 0.1) is 5.92 Å². The van der Waals surface area contributed by atoms with Crippen LogP contribution in [0, 0.1) is 11.8 Å². The van der Waals surface area contributed by atoms with Crippen molar-refractivity contribution in [3.63, 3.8) is 0 Å². The van der Waals surface area contributed by atoms with Gasteiger partial charge in [-0.05, 0) is 36.7 Å². The van der Waals surface area contributed by atoms with E-state index >= 15 is 0 Å². The van der Waals surface area contributed by atoms with E-state index in [1.807, 2.05) is 37.3 Å². The number of benzene rings is 1. The van der Waals surface area contributed by atoms with E-state index in [0.29, 0.717) is 24.5 Å². The van der Waals surface area contributed by atoms with Gasteiger partial charge in [-0.15, -0.1) is 0 Å². The molecule has 1 unspecified atom stereocenters. The predicted molar refractivity (Wildman–Crippen MR) is 101 cm³/mol. The normalized spacial score (nSPS) is 12.8. The highest BCUT2D eigenvalue weighted by molar-refractivity contribution is 5.78. The van der Waals surface area contributed by atoms with Crippen LogP contribution in [0.2, 0.25) is 0 Å². The molecule has 0 heterocycles. The van der Waals surface area contributed by atoms with Crippen molar-refractivity contribution < 1.29 is 9.53 Å². The average Bonchev–Trinajstić information content (AvgIpc) is 2.52. The number of ether oxygens (including phenoxy) is 1. The van der Waals surface area contributed by atoms with Gasteiger partial charge in [0.1, 0.15) is 6.61 Å². The van der Waals surface area contributed by atoms with Crippen LogP contribution in [0.15, 0.2) is 30.3 Å². The highest BCUT2D eigenvalue weighted by Crippen LogP contribution is 2.20. The van der Waals surface area contributed by atoms with Crippen molar-refractivity contribution in [1.82, 2.24) is 5.32 Å². The summed E-state index contributed by atoms with van der Waals surface area (Å²) in [5.74, 6) is 1.07. The molecule has 0 aromatic heterocycles. The molecule has 0 saturated heterocycles. The lowest BCUT2D eigenvalue weighted by molar-refractivity contribution is -0.145. The Morgan fingerprint density at radius 2 is 1.62 bits per heavy atom. The Morgan fingerprint density at radius 1 is 1.04 bits per heavy atom. The molecule has 1 N–H and O–H groups in total. The number of nitrogens with one attached hydrogen (secondary N) is 1. The Bertz CT molecular complexity index is 446. The molecule has 3 nitrogen and oxygen atoms in total. The van der Waals surface area contributed by atoms with Gasteiger partial charge in [-0.25, -0.2) is 0 Å². The zero-order valence-electron chi connectivity index (χ0n) is 16.0. The Hall–Kier alpha value is -1.35.